The lowest BCUT2D eigenvalue weighted by atomic mass is 10.1. The summed E-state index contributed by atoms with van der Waals surface area (Å²) in [6.07, 6.45) is -8.96. The average Bonchev–Trinajstić information content (AvgIpc) is 3.80. The molecule has 3 heterocycles. The van der Waals surface area contributed by atoms with Crippen LogP contribution in [0, 0.1) is 0 Å². The zero-order valence-corrected chi connectivity index (χ0v) is 34.4. The monoisotopic (exact) mass is 890 g/mol. The number of carboxylic acid groups (broad SMARTS) is 2. The van der Waals surface area contributed by atoms with Crippen LogP contribution in [0.5, 0.6) is 11.5 Å². The van der Waals surface area contributed by atoms with Crippen LogP contribution in [0.15, 0.2) is 36.7 Å². The number of nitrogen functional groups attached to an aromatic ring is 4. The van der Waals surface area contributed by atoms with Gasteiger partial charge in [-0.15, -0.1) is 0 Å². The summed E-state index contributed by atoms with van der Waals surface area (Å²) >= 11 is 0. The van der Waals surface area contributed by atoms with Gasteiger partial charge in [0.2, 0.25) is 0 Å². The molecule has 0 spiro atoms. The van der Waals surface area contributed by atoms with E-state index in [1.54, 1.807) is 41.5 Å². The summed E-state index contributed by atoms with van der Waals surface area (Å²) < 4.78 is 98.4. The Hall–Kier alpha value is -6.62. The van der Waals surface area contributed by atoms with Crippen LogP contribution in [-0.2, 0) is 21.8 Å². The second-order valence-electron chi connectivity index (χ2n) is 15.8. The number of alkyl halides is 6. The minimum Gasteiger partial charge on any atom is -0.484 e. The first-order valence-corrected chi connectivity index (χ1v) is 18.4. The largest absolute Gasteiger partial charge is 0.484 e. The van der Waals surface area contributed by atoms with Crippen molar-refractivity contribution in [3.05, 3.63) is 59.2 Å². The first kappa shape index (κ1) is 49.7. The van der Waals surface area contributed by atoms with Crippen molar-refractivity contribution in [1.29, 1.82) is 0 Å². The Balaban J connectivity index is 0.000000263. The molecule has 342 valence electrons. The molecular weight excluding hydrogens is 842 g/mol. The van der Waals surface area contributed by atoms with E-state index in [4.69, 9.17) is 52.1 Å². The average molecular weight is 891 g/mol. The third-order valence-corrected chi connectivity index (χ3v) is 8.22. The third-order valence-electron chi connectivity index (χ3n) is 8.22. The van der Waals surface area contributed by atoms with Crippen molar-refractivity contribution in [3.8, 4) is 11.5 Å². The number of rotatable bonds is 6. The van der Waals surface area contributed by atoms with Crippen LogP contribution in [-0.4, -0.2) is 104 Å². The highest BCUT2D eigenvalue weighted by Crippen LogP contribution is 2.40. The van der Waals surface area contributed by atoms with Crippen LogP contribution in [0.4, 0.5) is 58.7 Å². The molecule has 0 radical (unpaired) electrons. The molecule has 10 N–H and O–H groups in total. The maximum absolute atomic E-state index is 12.7. The number of ether oxygens (including phenoxy) is 4. The lowest BCUT2D eigenvalue weighted by molar-refractivity contribution is -0.138. The van der Waals surface area contributed by atoms with Gasteiger partial charge >= 0.3 is 36.5 Å². The summed E-state index contributed by atoms with van der Waals surface area (Å²) in [5, 5.41) is 16.8. The summed E-state index contributed by atoms with van der Waals surface area (Å²) in [6, 6.07) is 4.03. The van der Waals surface area contributed by atoms with Crippen molar-refractivity contribution in [1.82, 2.24) is 19.8 Å². The Morgan fingerprint density at radius 2 is 0.903 bits per heavy atom. The molecule has 2 amide bonds. The van der Waals surface area contributed by atoms with E-state index in [0.717, 1.165) is 36.7 Å². The fraction of sp³-hybridized carbons (Fsp3) is 0.474. The van der Waals surface area contributed by atoms with Gasteiger partial charge in [0.15, 0.2) is 22.9 Å². The van der Waals surface area contributed by atoms with Crippen molar-refractivity contribution in [2.75, 3.05) is 49.1 Å². The van der Waals surface area contributed by atoms with Gasteiger partial charge in [-0.25, -0.2) is 29.1 Å². The van der Waals surface area contributed by atoms with Crippen LogP contribution < -0.4 is 32.4 Å². The van der Waals surface area contributed by atoms with Gasteiger partial charge in [-0.3, -0.25) is 0 Å². The van der Waals surface area contributed by atoms with E-state index < -0.39 is 71.0 Å². The number of carbonyl (C=O) groups is 4. The number of likely N-dealkylation sites (tertiary alicyclic amines) is 2. The van der Waals surface area contributed by atoms with Crippen molar-refractivity contribution < 1.29 is 74.7 Å². The minimum absolute atomic E-state index is 0.00374. The second kappa shape index (κ2) is 19.4. The van der Waals surface area contributed by atoms with E-state index >= 15 is 0 Å². The highest BCUT2D eigenvalue weighted by Gasteiger charge is 2.36. The summed E-state index contributed by atoms with van der Waals surface area (Å²) in [5.74, 6) is -2.55. The molecule has 3 aromatic rings. The highest BCUT2D eigenvalue weighted by atomic mass is 19.4. The van der Waals surface area contributed by atoms with Gasteiger partial charge in [0.05, 0.1) is 47.0 Å². The van der Waals surface area contributed by atoms with Crippen LogP contribution in [0.3, 0.4) is 0 Å². The van der Waals surface area contributed by atoms with Gasteiger partial charge in [-0.05, 0) is 65.8 Å². The van der Waals surface area contributed by atoms with Gasteiger partial charge < -0.3 is 61.9 Å². The summed E-state index contributed by atoms with van der Waals surface area (Å²) in [4.78, 5) is 54.3. The van der Waals surface area contributed by atoms with Gasteiger partial charge in [0.1, 0.15) is 29.7 Å². The van der Waals surface area contributed by atoms with Crippen LogP contribution in [0.1, 0.15) is 86.5 Å². The van der Waals surface area contributed by atoms with E-state index in [1.165, 1.54) is 9.80 Å². The number of aromatic nitrogens is 2. The molecule has 2 saturated heterocycles. The maximum Gasteiger partial charge on any atom is 0.416 e. The van der Waals surface area contributed by atoms with E-state index in [0.29, 0.717) is 25.9 Å². The molecule has 24 heteroatoms. The lowest BCUT2D eigenvalue weighted by Crippen LogP contribution is -2.36. The number of carbonyl (C=O) groups excluding carboxylic acids is 2. The van der Waals surface area contributed by atoms with Gasteiger partial charge in [0, 0.05) is 32.0 Å². The molecule has 1 aromatic heterocycles. The zero-order valence-electron chi connectivity index (χ0n) is 34.4. The molecule has 2 atom stereocenters. The number of nitrogens with two attached hydrogens (primary N) is 4. The molecule has 2 aliphatic heterocycles. The van der Waals surface area contributed by atoms with Crippen molar-refractivity contribution in [2.45, 2.75) is 90.1 Å². The van der Waals surface area contributed by atoms with Gasteiger partial charge in [0.25, 0.3) is 0 Å². The number of halogens is 6. The molecule has 0 saturated carbocycles. The predicted octanol–water partition coefficient (Wildman–Crippen LogP) is 6.39. The molecule has 5 rings (SSSR count). The number of aromatic carboxylic acids is 2. The van der Waals surface area contributed by atoms with Crippen molar-refractivity contribution >= 4 is 46.9 Å². The smallest absolute Gasteiger partial charge is 0.416 e. The van der Waals surface area contributed by atoms with E-state index in [2.05, 4.69) is 9.97 Å². The van der Waals surface area contributed by atoms with Crippen molar-refractivity contribution in [2.24, 2.45) is 0 Å². The number of nitrogens with zero attached hydrogens (tertiary/aromatic N) is 4. The summed E-state index contributed by atoms with van der Waals surface area (Å²) in [5.41, 5.74) is 18.1. The normalized spacial score (nSPS) is 16.6. The topological polar surface area (TPSA) is 282 Å². The lowest BCUT2D eigenvalue weighted by Gasteiger charge is -2.24. The van der Waals surface area contributed by atoms with E-state index in [1.807, 2.05) is 0 Å². The Kier molecular flexibility index (Phi) is 15.6. The number of amides is 2. The quantitative estimate of drug-likeness (QED) is 0.115. The van der Waals surface area contributed by atoms with Crippen LogP contribution >= 0.6 is 0 Å². The molecule has 62 heavy (non-hydrogen) atoms. The molecule has 2 aromatic carbocycles. The molecule has 0 bridgehead atoms. The number of hydrogen-bond donors (Lipinski definition) is 6. The number of anilines is 4. The fourth-order valence-corrected chi connectivity index (χ4v) is 5.51. The summed E-state index contributed by atoms with van der Waals surface area (Å²) in [7, 11) is 0. The van der Waals surface area contributed by atoms with E-state index in [9.17, 15) is 45.5 Å². The Morgan fingerprint density at radius 3 is 1.16 bits per heavy atom. The molecule has 0 unspecified atom stereocenters. The minimum atomic E-state index is -4.54. The Morgan fingerprint density at radius 1 is 0.597 bits per heavy atom. The highest BCUT2D eigenvalue weighted by molar-refractivity contribution is 5.90. The van der Waals surface area contributed by atoms with Crippen LogP contribution in [0.2, 0.25) is 0 Å². The number of carboxylic acids is 2. The first-order valence-electron chi connectivity index (χ1n) is 18.4. The SMILES string of the molecule is CC(C)(C)OC(=O)N1CC[C@@H](Oc2c(N)cc(C(F)(F)F)cc2N)C1.CC(C)(C)OC(=O)N1CC[C@@H](Oc2c(N)cc(C(F)(F)F)cc2N)C1.O=C(O)c1cc(C(=O)O)ncn1. The molecule has 2 aliphatic rings. The van der Waals surface area contributed by atoms with Crippen LogP contribution in [0.25, 0.3) is 0 Å². The Labute approximate surface area is 351 Å². The molecule has 2 fully saturated rings. The standard InChI is InChI=1S/2C16H22F3N3O3.C6H4N2O4/c2*1-15(2,3)25-14(23)22-5-4-10(8-22)24-13-11(20)6-9(7-12(13)21)16(17,18)19;9-5(10)3-1-4(6(11)12)8-2-7-3/h2*6-7,10H,4-5,8,20-21H2,1-3H3;1-2H,(H,9,10)(H,11,12)/t2*10-;/m11./s1. The molecule has 0 aliphatic carbocycles. The predicted molar refractivity (Wildman–Crippen MR) is 210 cm³/mol. The number of hydrogen-bond acceptors (Lipinski definition) is 14. The zero-order chi connectivity index (χ0) is 47.1. The molecular formula is C38H48F6N8O10. The molecule has 18 nitrogen and oxygen atoms in total. The first-order chi connectivity index (χ1) is 28.3. The fourth-order valence-electron chi connectivity index (χ4n) is 5.51. The van der Waals surface area contributed by atoms with E-state index in [-0.39, 0.29) is 58.7 Å². The van der Waals surface area contributed by atoms with Gasteiger partial charge in [-0.1, -0.05) is 0 Å². The van der Waals surface area contributed by atoms with Gasteiger partial charge in [-0.2, -0.15) is 26.3 Å². The second-order valence-corrected chi connectivity index (χ2v) is 15.8. The third kappa shape index (κ3) is 14.8. The number of benzene rings is 2. The van der Waals surface area contributed by atoms with Crippen molar-refractivity contribution in [3.63, 3.8) is 0 Å². The maximum atomic E-state index is 12.7. The summed E-state index contributed by atoms with van der Waals surface area (Å²) in [6.45, 7) is 11.9. The Bertz CT molecular complexity index is 1920.